The molecule has 2 aromatic rings. The summed E-state index contributed by atoms with van der Waals surface area (Å²) in [7, 11) is 0. The summed E-state index contributed by atoms with van der Waals surface area (Å²) in [4.78, 5) is 23.0. The number of primary amides is 1. The maximum atomic E-state index is 12.1. The number of thiocarbonyl (C=S) groups is 1. The smallest absolute Gasteiger partial charge is 0.269 e. The number of hydrogen-bond donors (Lipinski definition) is 3. The molecule has 0 saturated heterocycles. The highest BCUT2D eigenvalue weighted by molar-refractivity contribution is 7.80. The van der Waals surface area contributed by atoms with Gasteiger partial charge in [-0.3, -0.25) is 20.4 Å². The van der Waals surface area contributed by atoms with Gasteiger partial charge in [0.2, 0.25) is 5.91 Å². The van der Waals surface area contributed by atoms with Crippen molar-refractivity contribution in [2.24, 2.45) is 5.73 Å². The van der Waals surface area contributed by atoms with Gasteiger partial charge in [0.05, 0.1) is 6.42 Å². The lowest BCUT2D eigenvalue weighted by atomic mass is 9.80. The van der Waals surface area contributed by atoms with E-state index in [-0.39, 0.29) is 17.3 Å². The first kappa shape index (κ1) is 18.1. The molecule has 1 saturated carbocycles. The number of carbonyl (C=O) groups is 2. The van der Waals surface area contributed by atoms with Crippen molar-refractivity contribution in [3.8, 4) is 11.1 Å². The third-order valence-corrected chi connectivity index (χ3v) is 4.86. The Kier molecular flexibility index (Phi) is 5.63. The molecule has 0 spiro atoms. The lowest BCUT2D eigenvalue weighted by molar-refractivity contribution is -0.116. The Morgan fingerprint density at radius 2 is 1.54 bits per heavy atom. The Hall–Kier alpha value is -2.73. The van der Waals surface area contributed by atoms with Crippen molar-refractivity contribution in [1.29, 1.82) is 0 Å². The van der Waals surface area contributed by atoms with E-state index >= 15 is 0 Å². The van der Waals surface area contributed by atoms with Crippen molar-refractivity contribution in [3.05, 3.63) is 59.7 Å². The molecule has 5 nitrogen and oxygen atoms in total. The molecule has 6 heteroatoms. The zero-order chi connectivity index (χ0) is 18.5. The number of carbonyl (C=O) groups excluding carboxylic acids is 2. The van der Waals surface area contributed by atoms with Crippen molar-refractivity contribution >= 4 is 29.0 Å². The molecule has 0 unspecified atom stereocenters. The highest BCUT2D eigenvalue weighted by Gasteiger charge is 2.19. The number of hydrogen-bond acceptors (Lipinski definition) is 3. The van der Waals surface area contributed by atoms with Crippen LogP contribution in [0.2, 0.25) is 0 Å². The van der Waals surface area contributed by atoms with Gasteiger partial charge in [-0.25, -0.2) is 0 Å². The van der Waals surface area contributed by atoms with Crippen LogP contribution in [-0.4, -0.2) is 16.8 Å². The van der Waals surface area contributed by atoms with Crippen LogP contribution in [0.15, 0.2) is 48.5 Å². The Balaban J connectivity index is 1.59. The molecular formula is C20H21N3O2S. The number of nitrogens with one attached hydrogen (secondary N) is 2. The Bertz CT molecular complexity index is 812. The molecule has 0 aliphatic heterocycles. The predicted molar refractivity (Wildman–Crippen MR) is 105 cm³/mol. The molecular weight excluding hydrogens is 346 g/mol. The molecule has 4 N–H and O–H groups in total. The van der Waals surface area contributed by atoms with Gasteiger partial charge in [-0.2, -0.15) is 0 Å². The van der Waals surface area contributed by atoms with Crippen LogP contribution in [0.25, 0.3) is 11.1 Å². The van der Waals surface area contributed by atoms with Crippen LogP contribution in [0.3, 0.4) is 0 Å². The van der Waals surface area contributed by atoms with E-state index in [4.69, 9.17) is 18.0 Å². The summed E-state index contributed by atoms with van der Waals surface area (Å²) in [5, 5.41) is 0. The highest BCUT2D eigenvalue weighted by atomic mass is 32.1. The second-order valence-corrected chi connectivity index (χ2v) is 6.97. The summed E-state index contributed by atoms with van der Waals surface area (Å²) in [6.45, 7) is 0. The van der Waals surface area contributed by atoms with Gasteiger partial charge in [-0.15, -0.1) is 0 Å². The van der Waals surface area contributed by atoms with Crippen molar-refractivity contribution in [2.75, 3.05) is 0 Å². The first-order chi connectivity index (χ1) is 12.5. The lowest BCUT2D eigenvalue weighted by Crippen LogP contribution is -2.42. The zero-order valence-corrected chi connectivity index (χ0v) is 15.1. The second-order valence-electron chi connectivity index (χ2n) is 6.47. The SMILES string of the molecule is NC(=O)CC(=S)NNC(=O)c1ccc(-c2ccc(C3CCC3)cc2)cc1. The summed E-state index contributed by atoms with van der Waals surface area (Å²) in [6.07, 6.45) is 3.81. The standard InChI is InChI=1S/C20H21N3O2S/c21-18(24)12-19(26)22-23-20(25)17-10-8-16(9-11-17)15-6-4-14(5-7-15)13-2-1-3-13/h4-11,13H,1-3,12H2,(H2,21,24)(H,22,26)(H,23,25). The molecule has 1 fully saturated rings. The Labute approximate surface area is 157 Å². The lowest BCUT2D eigenvalue weighted by Gasteiger charge is -2.25. The normalized spacial score (nSPS) is 13.5. The zero-order valence-electron chi connectivity index (χ0n) is 14.3. The van der Waals surface area contributed by atoms with Gasteiger partial charge in [0.15, 0.2) is 0 Å². The topological polar surface area (TPSA) is 84.2 Å². The van der Waals surface area contributed by atoms with Crippen LogP contribution in [0.4, 0.5) is 0 Å². The summed E-state index contributed by atoms with van der Waals surface area (Å²) in [5.41, 5.74) is 14.1. The first-order valence-corrected chi connectivity index (χ1v) is 9.01. The minimum Gasteiger partial charge on any atom is -0.369 e. The average molecular weight is 367 g/mol. The molecule has 134 valence electrons. The number of hydrazine groups is 1. The number of benzene rings is 2. The Morgan fingerprint density at radius 3 is 2.04 bits per heavy atom. The highest BCUT2D eigenvalue weighted by Crippen LogP contribution is 2.36. The predicted octanol–water partition coefficient (Wildman–Crippen LogP) is 3.06. The fourth-order valence-electron chi connectivity index (χ4n) is 2.90. The molecule has 0 heterocycles. The average Bonchev–Trinajstić information content (AvgIpc) is 2.58. The fraction of sp³-hybridized carbons (Fsp3) is 0.250. The van der Waals surface area contributed by atoms with Gasteiger partial charge in [0, 0.05) is 5.56 Å². The van der Waals surface area contributed by atoms with E-state index in [1.807, 2.05) is 12.1 Å². The van der Waals surface area contributed by atoms with Gasteiger partial charge in [0.1, 0.15) is 4.99 Å². The van der Waals surface area contributed by atoms with Crippen LogP contribution < -0.4 is 16.6 Å². The maximum absolute atomic E-state index is 12.1. The third-order valence-electron chi connectivity index (χ3n) is 4.62. The van der Waals surface area contributed by atoms with Crippen LogP contribution in [0.5, 0.6) is 0 Å². The van der Waals surface area contributed by atoms with Gasteiger partial charge in [-0.05, 0) is 47.6 Å². The minimum absolute atomic E-state index is 0.106. The molecule has 2 amide bonds. The number of rotatable bonds is 5. The maximum Gasteiger partial charge on any atom is 0.269 e. The van der Waals surface area contributed by atoms with Crippen LogP contribution in [-0.2, 0) is 4.79 Å². The van der Waals surface area contributed by atoms with E-state index in [0.717, 1.165) is 17.0 Å². The van der Waals surface area contributed by atoms with Gasteiger partial charge >= 0.3 is 0 Å². The van der Waals surface area contributed by atoms with Gasteiger partial charge < -0.3 is 5.73 Å². The van der Waals surface area contributed by atoms with Crippen molar-refractivity contribution in [3.63, 3.8) is 0 Å². The first-order valence-electron chi connectivity index (χ1n) is 8.61. The molecule has 0 bridgehead atoms. The monoisotopic (exact) mass is 367 g/mol. The molecule has 26 heavy (non-hydrogen) atoms. The molecule has 0 atom stereocenters. The van der Waals surface area contributed by atoms with Gasteiger partial charge in [0.25, 0.3) is 5.91 Å². The van der Waals surface area contributed by atoms with E-state index in [1.54, 1.807) is 12.1 Å². The molecule has 3 rings (SSSR count). The van der Waals surface area contributed by atoms with E-state index in [2.05, 4.69) is 35.1 Å². The van der Waals surface area contributed by atoms with Crippen molar-refractivity contribution < 1.29 is 9.59 Å². The molecule has 0 radical (unpaired) electrons. The van der Waals surface area contributed by atoms with Crippen LogP contribution >= 0.6 is 12.2 Å². The molecule has 1 aliphatic rings. The summed E-state index contributed by atoms with van der Waals surface area (Å²) in [5.74, 6) is -0.156. The molecule has 0 aromatic heterocycles. The second kappa shape index (κ2) is 8.10. The Morgan fingerprint density at radius 1 is 0.962 bits per heavy atom. The summed E-state index contributed by atoms with van der Waals surface area (Å²) >= 11 is 4.90. The van der Waals surface area contributed by atoms with E-state index in [0.29, 0.717) is 5.56 Å². The third kappa shape index (κ3) is 4.46. The summed E-state index contributed by atoms with van der Waals surface area (Å²) < 4.78 is 0. The largest absolute Gasteiger partial charge is 0.369 e. The van der Waals surface area contributed by atoms with E-state index in [9.17, 15) is 9.59 Å². The van der Waals surface area contributed by atoms with Crippen molar-refractivity contribution in [2.45, 2.75) is 31.6 Å². The summed E-state index contributed by atoms with van der Waals surface area (Å²) in [6, 6.07) is 16.0. The number of nitrogens with two attached hydrogens (primary N) is 1. The van der Waals surface area contributed by atoms with E-state index in [1.165, 1.54) is 24.8 Å². The van der Waals surface area contributed by atoms with Gasteiger partial charge in [-0.1, -0.05) is 55.0 Å². The van der Waals surface area contributed by atoms with E-state index < -0.39 is 5.91 Å². The van der Waals surface area contributed by atoms with Crippen LogP contribution in [0, 0.1) is 0 Å². The van der Waals surface area contributed by atoms with Crippen LogP contribution in [0.1, 0.15) is 47.5 Å². The fourth-order valence-corrected chi connectivity index (χ4v) is 3.10. The quantitative estimate of drug-likeness (QED) is 0.560. The van der Waals surface area contributed by atoms with Crippen molar-refractivity contribution in [1.82, 2.24) is 10.9 Å². The number of amides is 2. The molecule has 1 aliphatic carbocycles. The minimum atomic E-state index is -0.551. The molecule has 2 aromatic carbocycles.